The van der Waals surface area contributed by atoms with Gasteiger partial charge < -0.3 is 9.47 Å². The van der Waals surface area contributed by atoms with Crippen molar-refractivity contribution in [3.05, 3.63) is 35.4 Å². The first-order chi connectivity index (χ1) is 7.63. The Morgan fingerprint density at radius 3 is 2.81 bits per heavy atom. The molecule has 0 spiro atoms. The number of rotatable bonds is 5. The highest BCUT2D eigenvalue weighted by molar-refractivity contribution is 5.89. The second-order valence-electron chi connectivity index (χ2n) is 3.84. The predicted molar refractivity (Wildman–Crippen MR) is 62.5 cm³/mol. The SMILES string of the molecule is CO[C@H](C)CCOC(=O)c1cccc(C)c1. The second kappa shape index (κ2) is 6.28. The molecule has 88 valence electrons. The zero-order valence-corrected chi connectivity index (χ0v) is 10.0. The number of methoxy groups -OCH3 is 1. The van der Waals surface area contributed by atoms with Crippen LogP contribution in [0, 0.1) is 6.92 Å². The minimum Gasteiger partial charge on any atom is -0.462 e. The van der Waals surface area contributed by atoms with Gasteiger partial charge in [-0.15, -0.1) is 0 Å². The van der Waals surface area contributed by atoms with Crippen LogP contribution >= 0.6 is 0 Å². The van der Waals surface area contributed by atoms with E-state index in [0.29, 0.717) is 18.6 Å². The molecule has 0 aliphatic rings. The monoisotopic (exact) mass is 222 g/mol. The first-order valence-corrected chi connectivity index (χ1v) is 5.40. The normalized spacial score (nSPS) is 12.2. The fraction of sp³-hybridized carbons (Fsp3) is 0.462. The Kier molecular flexibility index (Phi) is 4.99. The molecule has 0 aliphatic heterocycles. The molecule has 3 nitrogen and oxygen atoms in total. The predicted octanol–water partition coefficient (Wildman–Crippen LogP) is 2.58. The molecular weight excluding hydrogens is 204 g/mol. The van der Waals surface area contributed by atoms with Gasteiger partial charge in [-0.25, -0.2) is 4.79 Å². The number of ether oxygens (including phenoxy) is 2. The summed E-state index contributed by atoms with van der Waals surface area (Å²) in [6.45, 7) is 4.28. The maximum Gasteiger partial charge on any atom is 0.338 e. The molecule has 1 aromatic carbocycles. The van der Waals surface area contributed by atoms with E-state index in [1.165, 1.54) is 0 Å². The molecular formula is C13H18O3. The molecule has 0 saturated heterocycles. The molecule has 0 saturated carbocycles. The van der Waals surface area contributed by atoms with Gasteiger partial charge in [-0.2, -0.15) is 0 Å². The van der Waals surface area contributed by atoms with E-state index >= 15 is 0 Å². The third-order valence-corrected chi connectivity index (χ3v) is 2.41. The largest absolute Gasteiger partial charge is 0.462 e. The summed E-state index contributed by atoms with van der Waals surface area (Å²) in [4.78, 5) is 11.6. The van der Waals surface area contributed by atoms with Crippen LogP contribution in [0.5, 0.6) is 0 Å². The lowest BCUT2D eigenvalue weighted by molar-refractivity contribution is 0.0391. The van der Waals surface area contributed by atoms with Crippen LogP contribution in [0.15, 0.2) is 24.3 Å². The number of aryl methyl sites for hydroxylation is 1. The highest BCUT2D eigenvalue weighted by Crippen LogP contribution is 2.06. The molecule has 0 heterocycles. The summed E-state index contributed by atoms with van der Waals surface area (Å²) in [5.41, 5.74) is 1.66. The molecule has 3 heteroatoms. The zero-order valence-electron chi connectivity index (χ0n) is 10.0. The van der Waals surface area contributed by atoms with Crippen molar-refractivity contribution in [1.82, 2.24) is 0 Å². The molecule has 0 N–H and O–H groups in total. The third kappa shape index (κ3) is 4.03. The maximum absolute atomic E-state index is 11.6. The maximum atomic E-state index is 11.6. The summed E-state index contributed by atoms with van der Waals surface area (Å²) < 4.78 is 10.2. The Morgan fingerprint density at radius 2 is 2.19 bits per heavy atom. The van der Waals surface area contributed by atoms with Crippen LogP contribution in [-0.4, -0.2) is 25.8 Å². The summed E-state index contributed by atoms with van der Waals surface area (Å²) in [5.74, 6) is -0.271. The van der Waals surface area contributed by atoms with E-state index in [1.807, 2.05) is 32.0 Å². The Morgan fingerprint density at radius 1 is 1.44 bits per heavy atom. The van der Waals surface area contributed by atoms with Crippen molar-refractivity contribution in [1.29, 1.82) is 0 Å². The molecule has 1 atom stereocenters. The van der Waals surface area contributed by atoms with E-state index in [9.17, 15) is 4.79 Å². The zero-order chi connectivity index (χ0) is 12.0. The van der Waals surface area contributed by atoms with E-state index in [4.69, 9.17) is 9.47 Å². The Labute approximate surface area is 96.4 Å². The van der Waals surface area contributed by atoms with Crippen LogP contribution in [-0.2, 0) is 9.47 Å². The van der Waals surface area contributed by atoms with Gasteiger partial charge in [0.05, 0.1) is 18.3 Å². The molecule has 1 rings (SSSR count). The van der Waals surface area contributed by atoms with Crippen molar-refractivity contribution in [2.24, 2.45) is 0 Å². The topological polar surface area (TPSA) is 35.5 Å². The van der Waals surface area contributed by atoms with Gasteiger partial charge >= 0.3 is 5.97 Å². The lowest BCUT2D eigenvalue weighted by Gasteiger charge is -2.09. The number of hydrogen-bond donors (Lipinski definition) is 0. The van der Waals surface area contributed by atoms with Crippen LogP contribution in [0.1, 0.15) is 29.3 Å². The number of esters is 1. The highest BCUT2D eigenvalue weighted by atomic mass is 16.5. The first-order valence-electron chi connectivity index (χ1n) is 5.40. The quantitative estimate of drug-likeness (QED) is 0.718. The van der Waals surface area contributed by atoms with Gasteiger partial charge in [0.2, 0.25) is 0 Å². The minimum absolute atomic E-state index is 0.116. The number of benzene rings is 1. The van der Waals surface area contributed by atoms with E-state index in [0.717, 1.165) is 5.56 Å². The van der Waals surface area contributed by atoms with E-state index < -0.39 is 0 Å². The van der Waals surface area contributed by atoms with Crippen molar-refractivity contribution >= 4 is 5.97 Å². The Hall–Kier alpha value is -1.35. The summed E-state index contributed by atoms with van der Waals surface area (Å²) in [5, 5.41) is 0. The lowest BCUT2D eigenvalue weighted by atomic mass is 10.1. The van der Waals surface area contributed by atoms with Gasteiger partial charge in [0.25, 0.3) is 0 Å². The smallest absolute Gasteiger partial charge is 0.338 e. The van der Waals surface area contributed by atoms with Crippen molar-refractivity contribution in [2.75, 3.05) is 13.7 Å². The molecule has 1 aromatic rings. The molecule has 16 heavy (non-hydrogen) atoms. The van der Waals surface area contributed by atoms with Gasteiger partial charge in [-0.3, -0.25) is 0 Å². The molecule has 0 unspecified atom stereocenters. The molecule has 0 radical (unpaired) electrons. The lowest BCUT2D eigenvalue weighted by Crippen LogP contribution is -2.12. The molecule has 0 aromatic heterocycles. The second-order valence-corrected chi connectivity index (χ2v) is 3.84. The van der Waals surface area contributed by atoms with Crippen LogP contribution in [0.3, 0.4) is 0 Å². The molecule has 0 aliphatic carbocycles. The minimum atomic E-state index is -0.271. The summed E-state index contributed by atoms with van der Waals surface area (Å²) in [6, 6.07) is 7.38. The third-order valence-electron chi connectivity index (χ3n) is 2.41. The summed E-state index contributed by atoms with van der Waals surface area (Å²) in [6.07, 6.45) is 0.832. The van der Waals surface area contributed by atoms with Gasteiger partial charge in [-0.1, -0.05) is 17.7 Å². The standard InChI is InChI=1S/C13H18O3/c1-10-5-4-6-12(9-10)13(14)16-8-7-11(2)15-3/h4-6,9,11H,7-8H2,1-3H3/t11-/m1/s1. The van der Waals surface area contributed by atoms with Crippen LogP contribution < -0.4 is 0 Å². The van der Waals surface area contributed by atoms with Gasteiger partial charge in [0, 0.05) is 13.5 Å². The van der Waals surface area contributed by atoms with Crippen LogP contribution in [0.2, 0.25) is 0 Å². The highest BCUT2D eigenvalue weighted by Gasteiger charge is 2.07. The number of hydrogen-bond acceptors (Lipinski definition) is 3. The van der Waals surface area contributed by atoms with E-state index in [1.54, 1.807) is 13.2 Å². The number of carbonyl (C=O) groups is 1. The molecule has 0 bridgehead atoms. The summed E-state index contributed by atoms with van der Waals surface area (Å²) in [7, 11) is 1.65. The van der Waals surface area contributed by atoms with E-state index in [-0.39, 0.29) is 12.1 Å². The first kappa shape index (κ1) is 12.7. The molecule has 0 amide bonds. The van der Waals surface area contributed by atoms with Crippen molar-refractivity contribution in [2.45, 2.75) is 26.4 Å². The average Bonchev–Trinajstić information content (AvgIpc) is 2.28. The molecule has 0 fully saturated rings. The van der Waals surface area contributed by atoms with Crippen LogP contribution in [0.4, 0.5) is 0 Å². The fourth-order valence-corrected chi connectivity index (χ4v) is 1.29. The Bertz CT molecular complexity index is 347. The fourth-order valence-electron chi connectivity index (χ4n) is 1.29. The number of carbonyl (C=O) groups excluding carboxylic acids is 1. The van der Waals surface area contributed by atoms with Crippen molar-refractivity contribution in [3.63, 3.8) is 0 Å². The Balaban J connectivity index is 2.41. The average molecular weight is 222 g/mol. The summed E-state index contributed by atoms with van der Waals surface area (Å²) >= 11 is 0. The van der Waals surface area contributed by atoms with Gasteiger partial charge in [-0.05, 0) is 26.0 Å². The van der Waals surface area contributed by atoms with Gasteiger partial charge in [0.15, 0.2) is 0 Å². The van der Waals surface area contributed by atoms with Crippen molar-refractivity contribution in [3.8, 4) is 0 Å². The van der Waals surface area contributed by atoms with Gasteiger partial charge in [0.1, 0.15) is 0 Å². The van der Waals surface area contributed by atoms with Crippen LogP contribution in [0.25, 0.3) is 0 Å². The van der Waals surface area contributed by atoms with Crippen molar-refractivity contribution < 1.29 is 14.3 Å². The van der Waals surface area contributed by atoms with E-state index in [2.05, 4.69) is 0 Å².